The Balaban J connectivity index is 1.30. The van der Waals surface area contributed by atoms with Gasteiger partial charge in [0.1, 0.15) is 18.1 Å². The van der Waals surface area contributed by atoms with E-state index in [9.17, 15) is 0 Å². The number of hydrogen-bond acceptors (Lipinski definition) is 5. The monoisotopic (exact) mass is 344 g/mol. The van der Waals surface area contributed by atoms with Crippen LogP contribution in [0.1, 0.15) is 74.1 Å². The minimum atomic E-state index is -0.0301. The Labute approximate surface area is 148 Å². The molecule has 0 bridgehead atoms. The van der Waals surface area contributed by atoms with Crippen LogP contribution in [0.3, 0.4) is 0 Å². The second-order valence-corrected chi connectivity index (χ2v) is 7.49. The number of rotatable bonds is 5. The SMILES string of the molecule is OCc1ccc(CN2CCC(n3cc(C4CCCCC4)nn3)CC2)o1. The number of aromatic nitrogens is 3. The molecule has 2 aliphatic rings. The predicted molar refractivity (Wildman–Crippen MR) is 94.0 cm³/mol. The lowest BCUT2D eigenvalue weighted by molar-refractivity contribution is 0.158. The van der Waals surface area contributed by atoms with Crippen LogP contribution in [-0.4, -0.2) is 38.1 Å². The molecule has 4 rings (SSSR count). The van der Waals surface area contributed by atoms with Gasteiger partial charge in [-0.15, -0.1) is 5.10 Å². The predicted octanol–water partition coefficient (Wildman–Crippen LogP) is 3.25. The van der Waals surface area contributed by atoms with Crippen molar-refractivity contribution in [2.75, 3.05) is 13.1 Å². The van der Waals surface area contributed by atoms with Gasteiger partial charge in [-0.05, 0) is 37.8 Å². The molecule has 1 saturated carbocycles. The zero-order chi connectivity index (χ0) is 17.1. The fourth-order valence-corrected chi connectivity index (χ4v) is 4.21. The van der Waals surface area contributed by atoms with Gasteiger partial charge in [0.05, 0.1) is 18.3 Å². The van der Waals surface area contributed by atoms with Gasteiger partial charge in [-0.2, -0.15) is 0 Å². The summed E-state index contributed by atoms with van der Waals surface area (Å²) in [5.41, 5.74) is 1.20. The summed E-state index contributed by atoms with van der Waals surface area (Å²) < 4.78 is 7.71. The maximum absolute atomic E-state index is 9.09. The van der Waals surface area contributed by atoms with Crippen LogP contribution in [0.25, 0.3) is 0 Å². The molecule has 0 radical (unpaired) electrons. The maximum Gasteiger partial charge on any atom is 0.129 e. The fraction of sp³-hybridized carbons (Fsp3) is 0.684. The Morgan fingerprint density at radius 1 is 1.04 bits per heavy atom. The zero-order valence-electron chi connectivity index (χ0n) is 14.8. The van der Waals surface area contributed by atoms with E-state index in [1.165, 1.54) is 37.8 Å². The van der Waals surface area contributed by atoms with Crippen LogP contribution in [0.4, 0.5) is 0 Å². The smallest absolute Gasteiger partial charge is 0.129 e. The molecule has 2 aromatic rings. The first-order valence-corrected chi connectivity index (χ1v) is 9.64. The topological polar surface area (TPSA) is 67.3 Å². The van der Waals surface area contributed by atoms with E-state index in [-0.39, 0.29) is 6.61 Å². The molecule has 3 heterocycles. The number of likely N-dealkylation sites (tertiary alicyclic amines) is 1. The lowest BCUT2D eigenvalue weighted by Gasteiger charge is -2.31. The van der Waals surface area contributed by atoms with Gasteiger partial charge in [-0.1, -0.05) is 24.5 Å². The van der Waals surface area contributed by atoms with E-state index in [4.69, 9.17) is 9.52 Å². The van der Waals surface area contributed by atoms with Crippen LogP contribution < -0.4 is 0 Å². The Bertz CT molecular complexity index is 667. The fourth-order valence-electron chi connectivity index (χ4n) is 4.21. The standard InChI is InChI=1S/C19H28N4O2/c24-14-18-7-6-17(25-18)12-22-10-8-16(9-11-22)23-13-19(20-21-23)15-4-2-1-3-5-15/h6-7,13,15-16,24H,1-5,8-12,14H2. The van der Waals surface area contributed by atoms with Crippen molar-refractivity contribution < 1.29 is 9.52 Å². The van der Waals surface area contributed by atoms with Crippen molar-refractivity contribution in [3.8, 4) is 0 Å². The van der Waals surface area contributed by atoms with Gasteiger partial charge < -0.3 is 9.52 Å². The first-order chi connectivity index (χ1) is 12.3. The molecule has 0 atom stereocenters. The largest absolute Gasteiger partial charge is 0.462 e. The number of aliphatic hydroxyl groups excluding tert-OH is 1. The molecule has 136 valence electrons. The van der Waals surface area contributed by atoms with E-state index in [1.54, 1.807) is 0 Å². The van der Waals surface area contributed by atoms with Crippen molar-refractivity contribution in [2.24, 2.45) is 0 Å². The molecule has 1 aliphatic carbocycles. The van der Waals surface area contributed by atoms with Crippen LogP contribution in [-0.2, 0) is 13.2 Å². The molecule has 0 amide bonds. The molecule has 0 aromatic carbocycles. The van der Waals surface area contributed by atoms with E-state index >= 15 is 0 Å². The number of piperidine rings is 1. The Hall–Kier alpha value is -1.66. The zero-order valence-corrected chi connectivity index (χ0v) is 14.8. The second kappa shape index (κ2) is 7.70. The lowest BCUT2D eigenvalue weighted by Crippen LogP contribution is -2.34. The van der Waals surface area contributed by atoms with Gasteiger partial charge in [0.15, 0.2) is 0 Å². The van der Waals surface area contributed by atoms with Gasteiger partial charge in [-0.25, -0.2) is 4.68 Å². The van der Waals surface area contributed by atoms with E-state index in [0.29, 0.717) is 17.7 Å². The van der Waals surface area contributed by atoms with Gasteiger partial charge in [0.25, 0.3) is 0 Å². The third kappa shape index (κ3) is 3.96. The maximum atomic E-state index is 9.09. The Morgan fingerprint density at radius 2 is 1.80 bits per heavy atom. The number of furan rings is 1. The summed E-state index contributed by atoms with van der Waals surface area (Å²) in [5, 5.41) is 18.0. The van der Waals surface area contributed by atoms with Crippen molar-refractivity contribution in [1.29, 1.82) is 0 Å². The molecule has 6 nitrogen and oxygen atoms in total. The Kier molecular flexibility index (Phi) is 5.17. The normalized spacial score (nSPS) is 21.0. The summed E-state index contributed by atoms with van der Waals surface area (Å²) in [6.07, 6.45) is 11.0. The second-order valence-electron chi connectivity index (χ2n) is 7.49. The van der Waals surface area contributed by atoms with Crippen LogP contribution in [0.2, 0.25) is 0 Å². The number of aliphatic hydroxyl groups is 1. The molecule has 25 heavy (non-hydrogen) atoms. The molecule has 1 saturated heterocycles. The van der Waals surface area contributed by atoms with E-state index in [1.807, 2.05) is 12.1 Å². The quantitative estimate of drug-likeness (QED) is 0.902. The van der Waals surface area contributed by atoms with Crippen molar-refractivity contribution in [1.82, 2.24) is 19.9 Å². The highest BCUT2D eigenvalue weighted by molar-refractivity contribution is 5.07. The highest BCUT2D eigenvalue weighted by Crippen LogP contribution is 2.32. The van der Waals surface area contributed by atoms with Crippen LogP contribution in [0, 0.1) is 0 Å². The van der Waals surface area contributed by atoms with Crippen LogP contribution in [0.15, 0.2) is 22.7 Å². The Morgan fingerprint density at radius 3 is 2.52 bits per heavy atom. The molecule has 2 aromatic heterocycles. The summed E-state index contributed by atoms with van der Waals surface area (Å²) >= 11 is 0. The molecule has 1 N–H and O–H groups in total. The van der Waals surface area contributed by atoms with Crippen molar-refractivity contribution >= 4 is 0 Å². The average Bonchev–Trinajstić information content (AvgIpc) is 3.33. The summed E-state index contributed by atoms with van der Waals surface area (Å²) in [6, 6.07) is 4.28. The first-order valence-electron chi connectivity index (χ1n) is 9.64. The highest BCUT2D eigenvalue weighted by Gasteiger charge is 2.24. The van der Waals surface area contributed by atoms with E-state index in [2.05, 4.69) is 26.1 Å². The molecule has 2 fully saturated rings. The molecular formula is C19H28N4O2. The summed E-state index contributed by atoms with van der Waals surface area (Å²) in [4.78, 5) is 2.41. The third-order valence-electron chi connectivity index (χ3n) is 5.74. The first kappa shape index (κ1) is 16.8. The van der Waals surface area contributed by atoms with Gasteiger partial charge in [0.2, 0.25) is 0 Å². The van der Waals surface area contributed by atoms with Crippen molar-refractivity contribution in [2.45, 2.75) is 70.1 Å². The molecule has 1 aliphatic heterocycles. The lowest BCUT2D eigenvalue weighted by atomic mass is 9.87. The van der Waals surface area contributed by atoms with Gasteiger partial charge >= 0.3 is 0 Å². The van der Waals surface area contributed by atoms with E-state index < -0.39 is 0 Å². The third-order valence-corrected chi connectivity index (χ3v) is 5.74. The average molecular weight is 344 g/mol. The van der Waals surface area contributed by atoms with E-state index in [0.717, 1.165) is 38.2 Å². The summed E-state index contributed by atoms with van der Waals surface area (Å²) in [6.45, 7) is 2.87. The van der Waals surface area contributed by atoms with Crippen LogP contribution in [0.5, 0.6) is 0 Å². The van der Waals surface area contributed by atoms with Crippen molar-refractivity contribution in [3.63, 3.8) is 0 Å². The molecular weight excluding hydrogens is 316 g/mol. The highest BCUT2D eigenvalue weighted by atomic mass is 16.4. The summed E-state index contributed by atoms with van der Waals surface area (Å²) in [7, 11) is 0. The van der Waals surface area contributed by atoms with Gasteiger partial charge in [0, 0.05) is 25.2 Å². The number of hydrogen-bond donors (Lipinski definition) is 1. The van der Waals surface area contributed by atoms with Gasteiger partial charge in [-0.3, -0.25) is 4.90 Å². The van der Waals surface area contributed by atoms with Crippen LogP contribution >= 0.6 is 0 Å². The molecule has 6 heteroatoms. The summed E-state index contributed by atoms with van der Waals surface area (Å²) in [5.74, 6) is 2.20. The minimum Gasteiger partial charge on any atom is -0.462 e. The number of nitrogens with zero attached hydrogens (tertiary/aromatic N) is 4. The minimum absolute atomic E-state index is 0.0301. The van der Waals surface area contributed by atoms with Crippen molar-refractivity contribution in [3.05, 3.63) is 35.5 Å². The molecule has 0 spiro atoms. The molecule has 0 unspecified atom stereocenters.